The van der Waals surface area contributed by atoms with Crippen LogP contribution in [0.3, 0.4) is 0 Å². The highest BCUT2D eigenvalue weighted by Gasteiger charge is 2.14. The maximum Gasteiger partial charge on any atom is 0.164 e. The monoisotopic (exact) mass is 189 g/mol. The molecular weight excluding hydrogens is 178 g/mol. The first kappa shape index (κ1) is 8.89. The third-order valence-electron chi connectivity index (χ3n) is 2.15. The van der Waals surface area contributed by atoms with Gasteiger partial charge in [0.25, 0.3) is 0 Å². The molecule has 0 bridgehead atoms. The van der Waals surface area contributed by atoms with Crippen molar-refractivity contribution in [1.29, 1.82) is 5.26 Å². The zero-order chi connectivity index (χ0) is 9.80. The van der Waals surface area contributed by atoms with Gasteiger partial charge < -0.3 is 9.47 Å². The van der Waals surface area contributed by atoms with Crippen molar-refractivity contribution in [2.45, 2.75) is 12.8 Å². The third-order valence-corrected chi connectivity index (χ3v) is 2.15. The molecule has 0 atom stereocenters. The highest BCUT2D eigenvalue weighted by Crippen LogP contribution is 2.33. The number of fused-ring (bicyclic) bond motifs is 1. The molecule has 1 heterocycles. The van der Waals surface area contributed by atoms with Crippen LogP contribution in [-0.2, 0) is 6.42 Å². The molecule has 0 amide bonds. The van der Waals surface area contributed by atoms with Gasteiger partial charge in [-0.3, -0.25) is 0 Å². The largest absolute Gasteiger partial charge is 0.486 e. The molecular formula is C11H11NO2. The van der Waals surface area contributed by atoms with E-state index in [1.165, 1.54) is 0 Å². The van der Waals surface area contributed by atoms with E-state index in [0.717, 1.165) is 23.5 Å². The molecule has 1 aliphatic heterocycles. The van der Waals surface area contributed by atoms with Crippen molar-refractivity contribution >= 4 is 0 Å². The Kier molecular flexibility index (Phi) is 2.55. The predicted molar refractivity (Wildman–Crippen MR) is 51.4 cm³/mol. The SMILES string of the molecule is N#CCCc1cccc2c1OCCO2. The van der Waals surface area contributed by atoms with E-state index in [1.807, 2.05) is 18.2 Å². The number of ether oxygens (including phenoxy) is 2. The van der Waals surface area contributed by atoms with Gasteiger partial charge in [-0.25, -0.2) is 0 Å². The molecule has 3 heteroatoms. The molecule has 1 aromatic rings. The summed E-state index contributed by atoms with van der Waals surface area (Å²) in [5, 5.41) is 8.51. The summed E-state index contributed by atoms with van der Waals surface area (Å²) in [6.45, 7) is 1.20. The van der Waals surface area contributed by atoms with Gasteiger partial charge in [0, 0.05) is 6.42 Å². The minimum atomic E-state index is 0.514. The first-order valence-corrected chi connectivity index (χ1v) is 4.66. The molecule has 0 saturated carbocycles. The number of hydrogen-bond acceptors (Lipinski definition) is 3. The standard InChI is InChI=1S/C11H11NO2/c12-6-2-4-9-3-1-5-10-11(9)14-8-7-13-10/h1,3,5H,2,4,7-8H2. The molecule has 0 spiro atoms. The quantitative estimate of drug-likeness (QED) is 0.713. The summed E-state index contributed by atoms with van der Waals surface area (Å²) in [6.07, 6.45) is 1.24. The number of para-hydroxylation sites is 1. The number of nitrogens with zero attached hydrogens (tertiary/aromatic N) is 1. The van der Waals surface area contributed by atoms with Crippen LogP contribution < -0.4 is 9.47 Å². The van der Waals surface area contributed by atoms with Gasteiger partial charge in [-0.2, -0.15) is 5.26 Å². The minimum absolute atomic E-state index is 0.514. The second-order valence-electron chi connectivity index (χ2n) is 3.10. The van der Waals surface area contributed by atoms with E-state index in [2.05, 4.69) is 6.07 Å². The smallest absolute Gasteiger partial charge is 0.164 e. The average Bonchev–Trinajstić information content (AvgIpc) is 2.26. The van der Waals surface area contributed by atoms with Gasteiger partial charge in [0.05, 0.1) is 6.07 Å². The van der Waals surface area contributed by atoms with Crippen LogP contribution >= 0.6 is 0 Å². The Morgan fingerprint density at radius 3 is 3.00 bits per heavy atom. The van der Waals surface area contributed by atoms with E-state index in [-0.39, 0.29) is 0 Å². The van der Waals surface area contributed by atoms with E-state index in [9.17, 15) is 0 Å². The average molecular weight is 189 g/mol. The van der Waals surface area contributed by atoms with Crippen LogP contribution in [0.5, 0.6) is 11.5 Å². The van der Waals surface area contributed by atoms with Crippen molar-refractivity contribution in [2.75, 3.05) is 13.2 Å². The lowest BCUT2D eigenvalue weighted by molar-refractivity contribution is 0.170. The number of benzene rings is 1. The maximum absolute atomic E-state index is 8.51. The molecule has 0 N–H and O–H groups in total. The molecule has 3 nitrogen and oxygen atoms in total. The lowest BCUT2D eigenvalue weighted by Crippen LogP contribution is -2.16. The zero-order valence-corrected chi connectivity index (χ0v) is 7.82. The zero-order valence-electron chi connectivity index (χ0n) is 7.82. The van der Waals surface area contributed by atoms with Crippen molar-refractivity contribution in [3.05, 3.63) is 23.8 Å². The van der Waals surface area contributed by atoms with Gasteiger partial charge in [0.2, 0.25) is 0 Å². The third kappa shape index (κ3) is 1.64. The Balaban J connectivity index is 2.27. The van der Waals surface area contributed by atoms with Crippen molar-refractivity contribution in [3.63, 3.8) is 0 Å². The topological polar surface area (TPSA) is 42.2 Å². The Bertz CT molecular complexity index is 368. The van der Waals surface area contributed by atoms with E-state index < -0.39 is 0 Å². The molecule has 0 aromatic heterocycles. The second-order valence-corrected chi connectivity index (χ2v) is 3.10. The van der Waals surface area contributed by atoms with Crippen molar-refractivity contribution in [1.82, 2.24) is 0 Å². The lowest BCUT2D eigenvalue weighted by atomic mass is 10.1. The summed E-state index contributed by atoms with van der Waals surface area (Å²) in [5.74, 6) is 1.61. The molecule has 0 saturated heterocycles. The lowest BCUT2D eigenvalue weighted by Gasteiger charge is -2.20. The van der Waals surface area contributed by atoms with Gasteiger partial charge >= 0.3 is 0 Å². The Morgan fingerprint density at radius 1 is 1.29 bits per heavy atom. The predicted octanol–water partition coefficient (Wildman–Crippen LogP) is 1.91. The molecule has 2 rings (SSSR count). The van der Waals surface area contributed by atoms with Crippen molar-refractivity contribution in [3.8, 4) is 17.6 Å². The Morgan fingerprint density at radius 2 is 2.14 bits per heavy atom. The van der Waals surface area contributed by atoms with Gasteiger partial charge in [0.15, 0.2) is 11.5 Å². The highest BCUT2D eigenvalue weighted by atomic mass is 16.6. The van der Waals surface area contributed by atoms with Gasteiger partial charge in [-0.1, -0.05) is 12.1 Å². The normalized spacial score (nSPS) is 13.4. The maximum atomic E-state index is 8.51. The van der Waals surface area contributed by atoms with Crippen LogP contribution in [0.15, 0.2) is 18.2 Å². The van der Waals surface area contributed by atoms with Crippen LogP contribution in [0, 0.1) is 11.3 Å². The van der Waals surface area contributed by atoms with E-state index >= 15 is 0 Å². The molecule has 0 radical (unpaired) electrons. The summed E-state index contributed by atoms with van der Waals surface area (Å²) in [7, 11) is 0. The number of hydrogen-bond donors (Lipinski definition) is 0. The van der Waals surface area contributed by atoms with Crippen LogP contribution in [0.1, 0.15) is 12.0 Å². The Hall–Kier alpha value is -1.69. The number of nitriles is 1. The summed E-state index contributed by atoms with van der Waals surface area (Å²) < 4.78 is 11.0. The molecule has 0 aliphatic carbocycles. The number of aryl methyl sites for hydroxylation is 1. The summed E-state index contributed by atoms with van der Waals surface area (Å²) >= 11 is 0. The van der Waals surface area contributed by atoms with Crippen molar-refractivity contribution < 1.29 is 9.47 Å². The van der Waals surface area contributed by atoms with Crippen molar-refractivity contribution in [2.24, 2.45) is 0 Å². The summed E-state index contributed by atoms with van der Waals surface area (Å²) in [4.78, 5) is 0. The molecule has 0 fully saturated rings. The first-order chi connectivity index (χ1) is 6.92. The number of rotatable bonds is 2. The van der Waals surface area contributed by atoms with Gasteiger partial charge in [-0.05, 0) is 18.1 Å². The molecule has 1 aromatic carbocycles. The highest BCUT2D eigenvalue weighted by molar-refractivity contribution is 5.47. The van der Waals surface area contributed by atoms with Gasteiger partial charge in [-0.15, -0.1) is 0 Å². The Labute approximate surface area is 82.9 Å². The van der Waals surface area contributed by atoms with Crippen LogP contribution in [-0.4, -0.2) is 13.2 Å². The molecule has 14 heavy (non-hydrogen) atoms. The van der Waals surface area contributed by atoms with Crippen LogP contribution in [0.25, 0.3) is 0 Å². The summed E-state index contributed by atoms with van der Waals surface area (Å²) in [5.41, 5.74) is 1.06. The fourth-order valence-electron chi connectivity index (χ4n) is 1.52. The molecule has 1 aliphatic rings. The minimum Gasteiger partial charge on any atom is -0.486 e. The van der Waals surface area contributed by atoms with E-state index in [1.54, 1.807) is 0 Å². The van der Waals surface area contributed by atoms with Gasteiger partial charge in [0.1, 0.15) is 13.2 Å². The fourth-order valence-corrected chi connectivity index (χ4v) is 1.52. The van der Waals surface area contributed by atoms with E-state index in [4.69, 9.17) is 14.7 Å². The van der Waals surface area contributed by atoms with Crippen LogP contribution in [0.4, 0.5) is 0 Å². The molecule has 72 valence electrons. The molecule has 0 unspecified atom stereocenters. The fraction of sp³-hybridized carbons (Fsp3) is 0.364. The van der Waals surface area contributed by atoms with Crippen LogP contribution in [0.2, 0.25) is 0 Å². The first-order valence-electron chi connectivity index (χ1n) is 4.66. The second kappa shape index (κ2) is 4.01. The summed E-state index contributed by atoms with van der Waals surface area (Å²) in [6, 6.07) is 7.93. The van der Waals surface area contributed by atoms with E-state index in [0.29, 0.717) is 19.6 Å².